The molecule has 0 aliphatic heterocycles. The number of rotatable bonds is 4. The van der Waals surface area contributed by atoms with Gasteiger partial charge in [-0.15, -0.1) is 0 Å². The maximum atomic E-state index is 12.0. The molecule has 1 amide bonds. The number of carbonyl (C=O) groups is 1. The number of amides is 1. The summed E-state index contributed by atoms with van der Waals surface area (Å²) >= 11 is 12.1. The molecule has 7 heteroatoms. The Labute approximate surface area is 142 Å². The van der Waals surface area contributed by atoms with Gasteiger partial charge in [-0.2, -0.15) is 5.10 Å². The summed E-state index contributed by atoms with van der Waals surface area (Å²) in [6, 6.07) is 10.4. The number of benzene rings is 1. The predicted octanol–water partition coefficient (Wildman–Crippen LogP) is 4.39. The summed E-state index contributed by atoms with van der Waals surface area (Å²) in [5.74, 6) is 0.344. The first-order chi connectivity index (χ1) is 11.0. The second kappa shape index (κ2) is 6.48. The van der Waals surface area contributed by atoms with Gasteiger partial charge in [0, 0.05) is 21.8 Å². The van der Waals surface area contributed by atoms with Crippen LogP contribution in [0.5, 0.6) is 0 Å². The smallest absolute Gasteiger partial charge is 0.292 e. The van der Waals surface area contributed by atoms with Crippen LogP contribution in [0, 0.1) is 6.92 Å². The van der Waals surface area contributed by atoms with Crippen molar-refractivity contribution >= 4 is 34.9 Å². The third-order valence-electron chi connectivity index (χ3n) is 3.30. The van der Waals surface area contributed by atoms with Crippen molar-refractivity contribution in [1.82, 2.24) is 9.78 Å². The zero-order valence-electron chi connectivity index (χ0n) is 12.2. The Bertz CT molecular complexity index is 841. The molecule has 2 heterocycles. The molecule has 0 aliphatic rings. The van der Waals surface area contributed by atoms with E-state index in [0.717, 1.165) is 11.3 Å². The van der Waals surface area contributed by atoms with Gasteiger partial charge in [0.25, 0.3) is 5.91 Å². The predicted molar refractivity (Wildman–Crippen MR) is 89.2 cm³/mol. The molecular formula is C16H13Cl2N3O2. The molecule has 0 unspecified atom stereocenters. The van der Waals surface area contributed by atoms with Crippen LogP contribution < -0.4 is 5.32 Å². The minimum Gasteiger partial charge on any atom is -0.459 e. The van der Waals surface area contributed by atoms with E-state index in [-0.39, 0.29) is 11.7 Å². The summed E-state index contributed by atoms with van der Waals surface area (Å²) in [6.07, 6.45) is 1.45. The van der Waals surface area contributed by atoms with E-state index in [1.54, 1.807) is 35.0 Å². The molecule has 0 spiro atoms. The average Bonchev–Trinajstić information content (AvgIpc) is 3.12. The Balaban J connectivity index is 1.77. The summed E-state index contributed by atoms with van der Waals surface area (Å²) in [4.78, 5) is 12.0. The number of aromatic nitrogens is 2. The number of halogens is 2. The van der Waals surface area contributed by atoms with Gasteiger partial charge < -0.3 is 9.73 Å². The molecule has 3 aromatic rings. The third kappa shape index (κ3) is 3.57. The Hall–Kier alpha value is -2.24. The Morgan fingerprint density at radius 1 is 1.30 bits per heavy atom. The summed E-state index contributed by atoms with van der Waals surface area (Å²) in [7, 11) is 0. The molecule has 23 heavy (non-hydrogen) atoms. The number of hydrogen-bond acceptors (Lipinski definition) is 3. The third-order valence-corrected chi connectivity index (χ3v) is 3.89. The van der Waals surface area contributed by atoms with Gasteiger partial charge in [-0.25, -0.2) is 0 Å². The second-order valence-corrected chi connectivity index (χ2v) is 5.84. The van der Waals surface area contributed by atoms with E-state index in [2.05, 4.69) is 10.4 Å². The van der Waals surface area contributed by atoms with Gasteiger partial charge in [0.15, 0.2) is 11.6 Å². The second-order valence-electron chi connectivity index (χ2n) is 5.00. The maximum Gasteiger partial charge on any atom is 0.292 e. The van der Waals surface area contributed by atoms with E-state index in [0.29, 0.717) is 22.4 Å². The van der Waals surface area contributed by atoms with Crippen molar-refractivity contribution in [2.24, 2.45) is 0 Å². The highest BCUT2D eigenvalue weighted by Crippen LogP contribution is 2.22. The van der Waals surface area contributed by atoms with Crippen LogP contribution in [0.15, 0.2) is 47.1 Å². The minimum absolute atomic E-state index is 0.234. The van der Waals surface area contributed by atoms with Gasteiger partial charge in [-0.05, 0) is 36.8 Å². The number of nitrogens with zero attached hydrogens (tertiary/aromatic N) is 2. The molecule has 0 fully saturated rings. The molecule has 5 nitrogen and oxygen atoms in total. The standard InChI is InChI=1S/C16H13Cl2N3O2/c1-10-7-15(19-16(22)14-3-2-6-23-14)20-21(10)9-11-4-5-12(17)8-13(11)18/h2-8H,9H2,1H3,(H,19,20,22). The fraction of sp³-hybridized carbons (Fsp3) is 0.125. The van der Waals surface area contributed by atoms with Gasteiger partial charge in [-0.1, -0.05) is 29.3 Å². The topological polar surface area (TPSA) is 60.1 Å². The van der Waals surface area contributed by atoms with Crippen LogP contribution in [0.1, 0.15) is 21.8 Å². The van der Waals surface area contributed by atoms with Gasteiger partial charge in [0.2, 0.25) is 0 Å². The molecular weight excluding hydrogens is 337 g/mol. The largest absolute Gasteiger partial charge is 0.459 e. The first-order valence-corrected chi connectivity index (χ1v) is 7.62. The van der Waals surface area contributed by atoms with Crippen LogP contribution in [0.25, 0.3) is 0 Å². The Kier molecular flexibility index (Phi) is 4.41. The SMILES string of the molecule is Cc1cc(NC(=O)c2ccco2)nn1Cc1ccc(Cl)cc1Cl. The van der Waals surface area contributed by atoms with E-state index in [1.165, 1.54) is 6.26 Å². The van der Waals surface area contributed by atoms with E-state index >= 15 is 0 Å². The van der Waals surface area contributed by atoms with Crippen molar-refractivity contribution in [3.8, 4) is 0 Å². The van der Waals surface area contributed by atoms with Crippen LogP contribution in [0.3, 0.4) is 0 Å². The lowest BCUT2D eigenvalue weighted by Crippen LogP contribution is -2.12. The quantitative estimate of drug-likeness (QED) is 0.759. The number of aryl methyl sites for hydroxylation is 1. The summed E-state index contributed by atoms with van der Waals surface area (Å²) in [6.45, 7) is 2.39. The van der Waals surface area contributed by atoms with Crippen LogP contribution in [-0.2, 0) is 6.54 Å². The Morgan fingerprint density at radius 3 is 2.83 bits per heavy atom. The van der Waals surface area contributed by atoms with Gasteiger partial charge in [-0.3, -0.25) is 9.48 Å². The number of carbonyl (C=O) groups excluding carboxylic acids is 1. The summed E-state index contributed by atoms with van der Waals surface area (Å²) < 4.78 is 6.81. The highest BCUT2D eigenvalue weighted by Gasteiger charge is 2.13. The number of anilines is 1. The molecule has 1 N–H and O–H groups in total. The highest BCUT2D eigenvalue weighted by atomic mass is 35.5. The van der Waals surface area contributed by atoms with E-state index in [4.69, 9.17) is 27.6 Å². The number of furan rings is 1. The molecule has 1 aromatic carbocycles. The highest BCUT2D eigenvalue weighted by molar-refractivity contribution is 6.35. The average molecular weight is 350 g/mol. The van der Waals surface area contributed by atoms with Crippen molar-refractivity contribution in [1.29, 1.82) is 0 Å². The maximum absolute atomic E-state index is 12.0. The molecule has 0 aliphatic carbocycles. The van der Waals surface area contributed by atoms with Crippen LogP contribution in [0.2, 0.25) is 10.0 Å². The van der Waals surface area contributed by atoms with Gasteiger partial charge in [0.1, 0.15) is 0 Å². The molecule has 118 valence electrons. The van der Waals surface area contributed by atoms with Crippen molar-refractivity contribution in [2.75, 3.05) is 5.32 Å². The van der Waals surface area contributed by atoms with E-state index in [9.17, 15) is 4.79 Å². The molecule has 0 atom stereocenters. The van der Waals surface area contributed by atoms with E-state index in [1.807, 2.05) is 13.0 Å². The lowest BCUT2D eigenvalue weighted by Gasteiger charge is -2.07. The fourth-order valence-corrected chi connectivity index (χ4v) is 2.60. The first kappa shape index (κ1) is 15.6. The minimum atomic E-state index is -0.343. The number of hydrogen-bond donors (Lipinski definition) is 1. The lowest BCUT2D eigenvalue weighted by molar-refractivity contribution is 0.0996. The fourth-order valence-electron chi connectivity index (χ4n) is 2.13. The van der Waals surface area contributed by atoms with Crippen LogP contribution >= 0.6 is 23.2 Å². The molecule has 0 radical (unpaired) electrons. The molecule has 3 rings (SSSR count). The van der Waals surface area contributed by atoms with Gasteiger partial charge in [0.05, 0.1) is 12.8 Å². The van der Waals surface area contributed by atoms with E-state index < -0.39 is 0 Å². The normalized spacial score (nSPS) is 10.7. The Morgan fingerprint density at radius 2 is 2.13 bits per heavy atom. The molecule has 2 aromatic heterocycles. The van der Waals surface area contributed by atoms with Crippen molar-refractivity contribution in [2.45, 2.75) is 13.5 Å². The first-order valence-electron chi connectivity index (χ1n) is 6.86. The molecule has 0 saturated heterocycles. The van der Waals surface area contributed by atoms with Crippen molar-refractivity contribution in [3.63, 3.8) is 0 Å². The zero-order chi connectivity index (χ0) is 16.4. The zero-order valence-corrected chi connectivity index (χ0v) is 13.7. The number of nitrogens with one attached hydrogen (secondary N) is 1. The van der Waals surface area contributed by atoms with Gasteiger partial charge >= 0.3 is 0 Å². The van der Waals surface area contributed by atoms with Crippen LogP contribution in [0.4, 0.5) is 5.82 Å². The summed E-state index contributed by atoms with van der Waals surface area (Å²) in [5, 5.41) is 8.23. The molecule has 0 saturated carbocycles. The summed E-state index contributed by atoms with van der Waals surface area (Å²) in [5.41, 5.74) is 1.79. The monoisotopic (exact) mass is 349 g/mol. The van der Waals surface area contributed by atoms with Crippen molar-refractivity contribution < 1.29 is 9.21 Å². The molecule has 0 bridgehead atoms. The van der Waals surface area contributed by atoms with Crippen molar-refractivity contribution in [3.05, 3.63) is 69.7 Å². The van der Waals surface area contributed by atoms with Crippen LogP contribution in [-0.4, -0.2) is 15.7 Å². The lowest BCUT2D eigenvalue weighted by atomic mass is 10.2.